The second-order valence-corrected chi connectivity index (χ2v) is 7.80. The lowest BCUT2D eigenvalue weighted by Crippen LogP contribution is -2.56. The lowest BCUT2D eigenvalue weighted by atomic mass is 9.98. The fourth-order valence-corrected chi connectivity index (χ4v) is 3.95. The van der Waals surface area contributed by atoms with Crippen LogP contribution in [0.15, 0.2) is 48.5 Å². The van der Waals surface area contributed by atoms with Crippen molar-refractivity contribution in [2.45, 2.75) is 37.5 Å². The van der Waals surface area contributed by atoms with Gasteiger partial charge in [-0.25, -0.2) is 9.59 Å². The fraction of sp³-hybridized carbons (Fsp3) is 0.375. The van der Waals surface area contributed by atoms with Crippen molar-refractivity contribution in [2.24, 2.45) is 0 Å². The summed E-state index contributed by atoms with van der Waals surface area (Å²) in [5.41, 5.74) is 4.30. The first-order valence-corrected chi connectivity index (χ1v) is 10.7. The molecule has 0 aromatic heterocycles. The van der Waals surface area contributed by atoms with E-state index in [2.05, 4.69) is 10.6 Å². The van der Waals surface area contributed by atoms with Crippen molar-refractivity contribution in [2.75, 3.05) is 20.3 Å². The minimum atomic E-state index is -1.29. The Morgan fingerprint density at radius 1 is 1.00 bits per heavy atom. The fourth-order valence-electron chi connectivity index (χ4n) is 3.95. The van der Waals surface area contributed by atoms with E-state index in [4.69, 9.17) is 14.6 Å². The normalized spacial score (nSPS) is 15.0. The van der Waals surface area contributed by atoms with Gasteiger partial charge in [-0.1, -0.05) is 48.5 Å². The zero-order valence-electron chi connectivity index (χ0n) is 18.5. The molecule has 9 nitrogen and oxygen atoms in total. The van der Waals surface area contributed by atoms with E-state index in [1.54, 1.807) is 6.92 Å². The Labute approximate surface area is 191 Å². The van der Waals surface area contributed by atoms with Crippen molar-refractivity contribution in [3.8, 4) is 11.1 Å². The average molecular weight is 456 g/mol. The Morgan fingerprint density at radius 2 is 1.58 bits per heavy atom. The minimum absolute atomic E-state index is 0.0673. The zero-order chi connectivity index (χ0) is 24.0. The summed E-state index contributed by atoms with van der Waals surface area (Å²) >= 11 is 0. The van der Waals surface area contributed by atoms with Crippen LogP contribution in [0.4, 0.5) is 4.79 Å². The number of amides is 2. The number of aliphatic hydroxyl groups excluding tert-OH is 1. The number of rotatable bonds is 10. The Morgan fingerprint density at radius 3 is 2.09 bits per heavy atom. The molecule has 0 radical (unpaired) electrons. The van der Waals surface area contributed by atoms with Crippen LogP contribution in [0.5, 0.6) is 0 Å². The molecule has 0 saturated carbocycles. The van der Waals surface area contributed by atoms with Crippen LogP contribution in [0, 0.1) is 0 Å². The molecule has 0 aliphatic heterocycles. The van der Waals surface area contributed by atoms with Gasteiger partial charge >= 0.3 is 12.1 Å². The van der Waals surface area contributed by atoms with E-state index in [1.807, 2.05) is 48.5 Å². The molecular formula is C24H28N2O7. The van der Waals surface area contributed by atoms with Crippen molar-refractivity contribution in [3.05, 3.63) is 59.7 Å². The number of hydrogen-bond acceptors (Lipinski definition) is 6. The van der Waals surface area contributed by atoms with Crippen molar-refractivity contribution < 1.29 is 34.1 Å². The predicted octanol–water partition coefficient (Wildman–Crippen LogP) is 1.88. The van der Waals surface area contributed by atoms with Gasteiger partial charge in [-0.05, 0) is 29.2 Å². The molecule has 0 spiro atoms. The van der Waals surface area contributed by atoms with E-state index in [1.165, 1.54) is 7.11 Å². The molecule has 1 aliphatic carbocycles. The largest absolute Gasteiger partial charge is 0.480 e. The van der Waals surface area contributed by atoms with Gasteiger partial charge in [-0.15, -0.1) is 0 Å². The van der Waals surface area contributed by atoms with E-state index >= 15 is 0 Å². The number of carbonyl (C=O) groups excluding carboxylic acids is 2. The summed E-state index contributed by atoms with van der Waals surface area (Å²) in [6.45, 7) is 1.22. The molecule has 0 bridgehead atoms. The van der Waals surface area contributed by atoms with E-state index < -0.39 is 42.8 Å². The summed E-state index contributed by atoms with van der Waals surface area (Å²) in [4.78, 5) is 36.5. The molecule has 9 heteroatoms. The molecule has 1 aliphatic rings. The van der Waals surface area contributed by atoms with Crippen molar-refractivity contribution in [1.29, 1.82) is 0 Å². The van der Waals surface area contributed by atoms with Crippen LogP contribution < -0.4 is 10.6 Å². The predicted molar refractivity (Wildman–Crippen MR) is 120 cm³/mol. The number of alkyl carbamates (subject to hydrolysis) is 1. The lowest BCUT2D eigenvalue weighted by Gasteiger charge is -2.25. The molecule has 2 aromatic carbocycles. The molecule has 4 N–H and O–H groups in total. The van der Waals surface area contributed by atoms with E-state index in [-0.39, 0.29) is 18.9 Å². The van der Waals surface area contributed by atoms with Crippen LogP contribution in [-0.2, 0) is 19.1 Å². The van der Waals surface area contributed by atoms with Gasteiger partial charge in [0.2, 0.25) is 5.91 Å². The second-order valence-electron chi connectivity index (χ2n) is 7.80. The zero-order valence-corrected chi connectivity index (χ0v) is 18.5. The van der Waals surface area contributed by atoms with Gasteiger partial charge in [0.1, 0.15) is 18.7 Å². The standard InChI is InChI=1S/C24H28N2O7/c1-14(32-2)21(22(28)25-20(11-12-27)23(29)30)26-24(31)33-13-19-17-9-5-3-7-15(17)16-8-4-6-10-18(16)19/h3-10,14,19-21,27H,11-13H2,1-2H3,(H,25,28)(H,26,31)(H,29,30)/t14?,20-,21?/m0/s1. The molecule has 176 valence electrons. The van der Waals surface area contributed by atoms with Crippen LogP contribution in [0.1, 0.15) is 30.4 Å². The molecule has 2 unspecified atom stereocenters. The van der Waals surface area contributed by atoms with Crippen LogP contribution in [-0.4, -0.2) is 66.7 Å². The third-order valence-electron chi connectivity index (χ3n) is 5.77. The highest BCUT2D eigenvalue weighted by atomic mass is 16.5. The molecule has 3 rings (SSSR count). The van der Waals surface area contributed by atoms with E-state index in [0.717, 1.165) is 22.3 Å². The summed E-state index contributed by atoms with van der Waals surface area (Å²) in [5, 5.41) is 23.0. The molecule has 0 saturated heterocycles. The number of aliphatic carboxylic acids is 1. The Kier molecular flexibility index (Phi) is 8.02. The third kappa shape index (κ3) is 5.50. The van der Waals surface area contributed by atoms with Gasteiger partial charge in [-0.2, -0.15) is 0 Å². The quantitative estimate of drug-likeness (QED) is 0.429. The molecule has 3 atom stereocenters. The molecule has 0 heterocycles. The summed E-state index contributed by atoms with van der Waals surface area (Å²) in [6, 6.07) is 13.4. The number of methoxy groups -OCH3 is 1. The van der Waals surface area contributed by atoms with Gasteiger partial charge in [0, 0.05) is 26.1 Å². The van der Waals surface area contributed by atoms with Crippen molar-refractivity contribution in [1.82, 2.24) is 10.6 Å². The molecule has 33 heavy (non-hydrogen) atoms. The number of carboxylic acid groups (broad SMARTS) is 1. The molecule has 0 fully saturated rings. The first kappa shape index (κ1) is 24.2. The number of aliphatic hydroxyl groups is 1. The maximum absolute atomic E-state index is 12.7. The van der Waals surface area contributed by atoms with E-state index in [0.29, 0.717) is 0 Å². The number of hydrogen-bond donors (Lipinski definition) is 4. The summed E-state index contributed by atoms with van der Waals surface area (Å²) in [5.74, 6) is -2.18. The van der Waals surface area contributed by atoms with Crippen LogP contribution in [0.3, 0.4) is 0 Å². The highest BCUT2D eigenvalue weighted by Gasteiger charge is 2.32. The minimum Gasteiger partial charge on any atom is -0.480 e. The number of carboxylic acids is 1. The molecular weight excluding hydrogens is 428 g/mol. The van der Waals surface area contributed by atoms with Gasteiger partial charge < -0.3 is 30.3 Å². The Hall–Kier alpha value is -3.43. The first-order chi connectivity index (χ1) is 15.9. The third-order valence-corrected chi connectivity index (χ3v) is 5.77. The topological polar surface area (TPSA) is 134 Å². The van der Waals surface area contributed by atoms with Crippen LogP contribution in [0.2, 0.25) is 0 Å². The number of fused-ring (bicyclic) bond motifs is 3. The second kappa shape index (κ2) is 10.9. The summed E-state index contributed by atoms with van der Waals surface area (Å²) in [7, 11) is 1.37. The smallest absolute Gasteiger partial charge is 0.407 e. The summed E-state index contributed by atoms with van der Waals surface area (Å²) in [6.07, 6.45) is -1.75. The van der Waals surface area contributed by atoms with E-state index in [9.17, 15) is 19.5 Å². The lowest BCUT2D eigenvalue weighted by molar-refractivity contribution is -0.143. The first-order valence-electron chi connectivity index (χ1n) is 10.7. The highest BCUT2D eigenvalue weighted by molar-refractivity contribution is 5.89. The monoisotopic (exact) mass is 456 g/mol. The maximum atomic E-state index is 12.7. The van der Waals surface area contributed by atoms with Crippen molar-refractivity contribution in [3.63, 3.8) is 0 Å². The number of nitrogens with one attached hydrogen (secondary N) is 2. The molecule has 2 aromatic rings. The SMILES string of the molecule is COC(C)C(NC(=O)OCC1c2ccccc2-c2ccccc21)C(=O)N[C@@H](CCO)C(=O)O. The number of carbonyl (C=O) groups is 3. The highest BCUT2D eigenvalue weighted by Crippen LogP contribution is 2.44. The van der Waals surface area contributed by atoms with Crippen LogP contribution in [0.25, 0.3) is 11.1 Å². The van der Waals surface area contributed by atoms with Gasteiger partial charge in [0.25, 0.3) is 0 Å². The maximum Gasteiger partial charge on any atom is 0.407 e. The number of ether oxygens (including phenoxy) is 2. The van der Waals surface area contributed by atoms with Crippen molar-refractivity contribution >= 4 is 18.0 Å². The van der Waals surface area contributed by atoms with Gasteiger partial charge in [0.15, 0.2) is 0 Å². The Balaban J connectivity index is 1.68. The van der Waals surface area contributed by atoms with Crippen LogP contribution >= 0.6 is 0 Å². The number of benzene rings is 2. The molecule has 2 amide bonds. The van der Waals surface area contributed by atoms with Gasteiger partial charge in [-0.3, -0.25) is 4.79 Å². The average Bonchev–Trinajstić information content (AvgIpc) is 3.14. The summed E-state index contributed by atoms with van der Waals surface area (Å²) < 4.78 is 10.7. The van der Waals surface area contributed by atoms with Gasteiger partial charge in [0.05, 0.1) is 6.10 Å². The Bertz CT molecular complexity index is 964.